The highest BCUT2D eigenvalue weighted by Crippen LogP contribution is 2.20. The van der Waals surface area contributed by atoms with Crippen molar-refractivity contribution in [1.82, 2.24) is 0 Å². The lowest BCUT2D eigenvalue weighted by Gasteiger charge is -2.06. The topological polar surface area (TPSA) is 34.1 Å². The molecule has 0 N–H and O–H groups in total. The zero-order chi connectivity index (χ0) is 15.3. The van der Waals surface area contributed by atoms with Crippen LogP contribution in [0.1, 0.15) is 18.1 Å². The SMILES string of the molecule is CCSc1cccc(CS(=O)(=O)Cc2ccc(F)cc2)c1. The van der Waals surface area contributed by atoms with Crippen LogP contribution in [0.2, 0.25) is 0 Å². The van der Waals surface area contributed by atoms with Gasteiger partial charge in [0, 0.05) is 4.90 Å². The first-order valence-corrected chi connectivity index (χ1v) is 9.46. The number of halogens is 1. The largest absolute Gasteiger partial charge is 0.228 e. The van der Waals surface area contributed by atoms with Gasteiger partial charge in [0.1, 0.15) is 5.82 Å². The molecule has 0 aliphatic heterocycles. The van der Waals surface area contributed by atoms with Crippen LogP contribution in [-0.2, 0) is 21.3 Å². The minimum absolute atomic E-state index is 0.00247. The quantitative estimate of drug-likeness (QED) is 0.752. The van der Waals surface area contributed by atoms with E-state index in [1.807, 2.05) is 24.3 Å². The summed E-state index contributed by atoms with van der Waals surface area (Å²) >= 11 is 1.68. The smallest absolute Gasteiger partial charge is 0.158 e. The van der Waals surface area contributed by atoms with Gasteiger partial charge in [-0.15, -0.1) is 11.8 Å². The van der Waals surface area contributed by atoms with Gasteiger partial charge < -0.3 is 0 Å². The molecule has 0 saturated carbocycles. The number of sulfone groups is 1. The lowest BCUT2D eigenvalue weighted by molar-refractivity contribution is 0.594. The van der Waals surface area contributed by atoms with Crippen molar-refractivity contribution in [3.05, 3.63) is 65.5 Å². The molecule has 0 aliphatic carbocycles. The van der Waals surface area contributed by atoms with Crippen LogP contribution < -0.4 is 0 Å². The molecule has 0 aromatic heterocycles. The second-order valence-electron chi connectivity index (χ2n) is 4.74. The van der Waals surface area contributed by atoms with Gasteiger partial charge in [0.15, 0.2) is 9.84 Å². The molecule has 0 fully saturated rings. The maximum Gasteiger partial charge on any atom is 0.158 e. The van der Waals surface area contributed by atoms with Crippen molar-refractivity contribution < 1.29 is 12.8 Å². The third-order valence-electron chi connectivity index (χ3n) is 2.90. The van der Waals surface area contributed by atoms with Gasteiger partial charge in [-0.2, -0.15) is 0 Å². The highest BCUT2D eigenvalue weighted by molar-refractivity contribution is 7.99. The fraction of sp³-hybridized carbons (Fsp3) is 0.250. The van der Waals surface area contributed by atoms with Crippen LogP contribution in [0.3, 0.4) is 0 Å². The average Bonchev–Trinajstić information content (AvgIpc) is 2.41. The fourth-order valence-electron chi connectivity index (χ4n) is 2.03. The Balaban J connectivity index is 2.10. The van der Waals surface area contributed by atoms with Crippen LogP contribution in [0.15, 0.2) is 53.4 Å². The summed E-state index contributed by atoms with van der Waals surface area (Å²) in [7, 11) is -3.26. The zero-order valence-electron chi connectivity index (χ0n) is 11.8. The first-order chi connectivity index (χ1) is 9.98. The van der Waals surface area contributed by atoms with Crippen molar-refractivity contribution in [1.29, 1.82) is 0 Å². The lowest BCUT2D eigenvalue weighted by atomic mass is 10.2. The van der Waals surface area contributed by atoms with Gasteiger partial charge in [-0.25, -0.2) is 12.8 Å². The first kappa shape index (κ1) is 16.0. The van der Waals surface area contributed by atoms with Gasteiger partial charge in [-0.1, -0.05) is 31.2 Å². The minimum Gasteiger partial charge on any atom is -0.228 e. The summed E-state index contributed by atoms with van der Waals surface area (Å²) in [6.07, 6.45) is 0. The molecule has 0 atom stereocenters. The number of hydrogen-bond acceptors (Lipinski definition) is 3. The van der Waals surface area contributed by atoms with Gasteiger partial charge >= 0.3 is 0 Å². The van der Waals surface area contributed by atoms with E-state index in [4.69, 9.17) is 0 Å². The van der Waals surface area contributed by atoms with E-state index in [-0.39, 0.29) is 17.3 Å². The molecule has 0 heterocycles. The van der Waals surface area contributed by atoms with E-state index in [1.165, 1.54) is 24.3 Å². The monoisotopic (exact) mass is 324 g/mol. The Kier molecular flexibility index (Phi) is 5.42. The van der Waals surface area contributed by atoms with Crippen LogP contribution in [0.4, 0.5) is 4.39 Å². The van der Waals surface area contributed by atoms with Gasteiger partial charge in [0.2, 0.25) is 0 Å². The van der Waals surface area contributed by atoms with Crippen LogP contribution in [0, 0.1) is 5.82 Å². The highest BCUT2D eigenvalue weighted by atomic mass is 32.2. The van der Waals surface area contributed by atoms with Crippen LogP contribution in [0.25, 0.3) is 0 Å². The van der Waals surface area contributed by atoms with Gasteiger partial charge in [-0.05, 0) is 41.1 Å². The summed E-state index contributed by atoms with van der Waals surface area (Å²) in [5.74, 6) is 0.521. The molecule has 2 rings (SSSR count). The predicted octanol–water partition coefficient (Wildman–Crippen LogP) is 4.05. The molecule has 0 radical (unpaired) electrons. The van der Waals surface area contributed by atoms with E-state index < -0.39 is 9.84 Å². The van der Waals surface area contributed by atoms with Crippen LogP contribution in [0.5, 0.6) is 0 Å². The van der Waals surface area contributed by atoms with Crippen LogP contribution >= 0.6 is 11.8 Å². The van der Waals surface area contributed by atoms with E-state index in [1.54, 1.807) is 11.8 Å². The van der Waals surface area contributed by atoms with Gasteiger partial charge in [0.25, 0.3) is 0 Å². The Morgan fingerprint density at radius 2 is 1.67 bits per heavy atom. The molecule has 5 heteroatoms. The molecule has 0 unspecified atom stereocenters. The fourth-order valence-corrected chi connectivity index (χ4v) is 4.26. The molecular weight excluding hydrogens is 307 g/mol. The van der Waals surface area contributed by atoms with E-state index >= 15 is 0 Å². The maximum atomic E-state index is 12.8. The van der Waals surface area contributed by atoms with E-state index in [2.05, 4.69) is 6.92 Å². The summed E-state index contributed by atoms with van der Waals surface area (Å²) in [6.45, 7) is 2.06. The molecule has 0 amide bonds. The van der Waals surface area contributed by atoms with Crippen LogP contribution in [-0.4, -0.2) is 14.2 Å². The van der Waals surface area contributed by atoms with Gasteiger partial charge in [0.05, 0.1) is 11.5 Å². The zero-order valence-corrected chi connectivity index (χ0v) is 13.4. The standard InChI is InChI=1S/C16H17FO2S2/c1-2-20-16-5-3-4-14(10-16)12-21(18,19)11-13-6-8-15(17)9-7-13/h3-10H,2,11-12H2,1H3. The minimum atomic E-state index is -3.26. The number of rotatable bonds is 6. The van der Waals surface area contributed by atoms with Crippen molar-refractivity contribution in [2.45, 2.75) is 23.3 Å². The normalized spacial score (nSPS) is 11.5. The summed E-state index contributed by atoms with van der Waals surface area (Å²) in [6, 6.07) is 13.2. The van der Waals surface area contributed by atoms with Crippen molar-refractivity contribution in [2.24, 2.45) is 0 Å². The maximum absolute atomic E-state index is 12.8. The second-order valence-corrected chi connectivity index (χ2v) is 8.14. The number of thioether (sulfide) groups is 1. The Hall–Kier alpha value is -1.33. The van der Waals surface area contributed by atoms with Crippen molar-refractivity contribution in [3.8, 4) is 0 Å². The Morgan fingerprint density at radius 3 is 2.33 bits per heavy atom. The third-order valence-corrected chi connectivity index (χ3v) is 5.32. The second kappa shape index (κ2) is 7.09. The summed E-state index contributed by atoms with van der Waals surface area (Å²) in [5.41, 5.74) is 1.39. The van der Waals surface area contributed by atoms with E-state index in [0.29, 0.717) is 5.56 Å². The molecule has 0 bridgehead atoms. The lowest BCUT2D eigenvalue weighted by Crippen LogP contribution is -2.07. The third kappa shape index (κ3) is 5.17. The van der Waals surface area contributed by atoms with E-state index in [9.17, 15) is 12.8 Å². The molecular formula is C16H17FO2S2. The predicted molar refractivity (Wildman–Crippen MR) is 85.6 cm³/mol. The van der Waals surface area contributed by atoms with E-state index in [0.717, 1.165) is 16.2 Å². The Labute approximate surface area is 129 Å². The van der Waals surface area contributed by atoms with Crippen molar-refractivity contribution in [3.63, 3.8) is 0 Å². The molecule has 2 aromatic rings. The molecule has 0 spiro atoms. The number of hydrogen-bond donors (Lipinski definition) is 0. The molecule has 0 saturated heterocycles. The molecule has 112 valence electrons. The Morgan fingerprint density at radius 1 is 1.00 bits per heavy atom. The molecule has 2 nitrogen and oxygen atoms in total. The Bertz CT molecular complexity index is 694. The summed E-state index contributed by atoms with van der Waals surface area (Å²) in [5, 5.41) is 0. The molecule has 0 aliphatic rings. The van der Waals surface area contributed by atoms with Gasteiger partial charge in [-0.3, -0.25) is 0 Å². The summed E-state index contributed by atoms with van der Waals surface area (Å²) in [4.78, 5) is 1.08. The molecule has 21 heavy (non-hydrogen) atoms. The number of benzene rings is 2. The van der Waals surface area contributed by atoms with Crippen molar-refractivity contribution in [2.75, 3.05) is 5.75 Å². The first-order valence-electron chi connectivity index (χ1n) is 6.65. The highest BCUT2D eigenvalue weighted by Gasteiger charge is 2.13. The average molecular weight is 324 g/mol. The van der Waals surface area contributed by atoms with Crippen molar-refractivity contribution >= 4 is 21.6 Å². The summed E-state index contributed by atoms with van der Waals surface area (Å²) < 4.78 is 37.3. The molecule has 2 aromatic carbocycles.